The zero-order valence-corrected chi connectivity index (χ0v) is 20.5. The monoisotopic (exact) mass is 463 g/mol. The normalized spacial score (nSPS) is 11.3. The number of nitrogens with zero attached hydrogens (tertiary/aromatic N) is 3. The van der Waals surface area contributed by atoms with Gasteiger partial charge in [0.15, 0.2) is 5.13 Å². The van der Waals surface area contributed by atoms with Gasteiger partial charge in [-0.05, 0) is 44.7 Å². The van der Waals surface area contributed by atoms with E-state index in [4.69, 9.17) is 0 Å². The van der Waals surface area contributed by atoms with Gasteiger partial charge < -0.3 is 10.3 Å². The van der Waals surface area contributed by atoms with Crippen LogP contribution < -0.4 is 10.9 Å². The number of rotatable bonds is 7. The summed E-state index contributed by atoms with van der Waals surface area (Å²) in [5.41, 5.74) is 6.15. The van der Waals surface area contributed by atoms with Gasteiger partial charge >= 0.3 is 0 Å². The zero-order chi connectivity index (χ0) is 23.7. The van der Waals surface area contributed by atoms with Crippen LogP contribution in [0.5, 0.6) is 0 Å². The van der Waals surface area contributed by atoms with Gasteiger partial charge in [0.05, 0.1) is 11.4 Å². The average Bonchev–Trinajstić information content (AvgIpc) is 3.26. The van der Waals surface area contributed by atoms with E-state index in [1.807, 2.05) is 27.8 Å². The summed E-state index contributed by atoms with van der Waals surface area (Å²) >= 11 is 1.46. The molecule has 0 unspecified atom stereocenters. The molecule has 0 aliphatic carbocycles. The van der Waals surface area contributed by atoms with E-state index in [0.29, 0.717) is 22.8 Å². The third-order valence-corrected chi connectivity index (χ3v) is 6.85. The summed E-state index contributed by atoms with van der Waals surface area (Å²) in [4.78, 5) is 33.9. The molecule has 0 spiro atoms. The first-order valence-electron chi connectivity index (χ1n) is 11.2. The Bertz CT molecular complexity index is 1380. The van der Waals surface area contributed by atoms with Crippen molar-refractivity contribution in [3.63, 3.8) is 0 Å². The van der Waals surface area contributed by atoms with Crippen LogP contribution in [-0.4, -0.2) is 25.7 Å². The third kappa shape index (κ3) is 4.61. The molecule has 7 nitrogen and oxygen atoms in total. The van der Waals surface area contributed by atoms with Gasteiger partial charge in [-0.2, -0.15) is 5.10 Å². The summed E-state index contributed by atoms with van der Waals surface area (Å²) in [7, 11) is 1.81. The molecule has 0 saturated heterocycles. The highest BCUT2D eigenvalue weighted by Gasteiger charge is 2.17. The Labute approximate surface area is 196 Å². The van der Waals surface area contributed by atoms with Crippen LogP contribution in [-0.2, 0) is 24.7 Å². The highest BCUT2D eigenvalue weighted by Crippen LogP contribution is 2.31. The highest BCUT2D eigenvalue weighted by molar-refractivity contribution is 7.16. The number of anilines is 1. The number of pyridine rings is 1. The number of thiazole rings is 1. The van der Waals surface area contributed by atoms with Crippen LogP contribution in [0.25, 0.3) is 22.3 Å². The molecule has 4 aromatic rings. The number of benzene rings is 1. The highest BCUT2D eigenvalue weighted by atomic mass is 32.1. The van der Waals surface area contributed by atoms with Crippen molar-refractivity contribution in [2.45, 2.75) is 53.4 Å². The maximum atomic E-state index is 12.6. The molecule has 2 N–H and O–H groups in total. The number of aryl methyl sites for hydroxylation is 5. The first kappa shape index (κ1) is 22.9. The topological polar surface area (TPSA) is 92.7 Å². The Morgan fingerprint density at radius 2 is 1.88 bits per heavy atom. The predicted molar refractivity (Wildman–Crippen MR) is 134 cm³/mol. The molecule has 0 fully saturated rings. The number of carbonyl (C=O) groups excluding carboxylic acids is 1. The molecule has 33 heavy (non-hydrogen) atoms. The number of hydrogen-bond acceptors (Lipinski definition) is 5. The van der Waals surface area contributed by atoms with Gasteiger partial charge in [0.25, 0.3) is 5.56 Å². The van der Waals surface area contributed by atoms with E-state index >= 15 is 0 Å². The van der Waals surface area contributed by atoms with Gasteiger partial charge in [0, 0.05) is 34.9 Å². The number of aromatic nitrogens is 4. The fraction of sp³-hybridized carbons (Fsp3) is 0.360. The lowest BCUT2D eigenvalue weighted by Gasteiger charge is -2.07. The largest absolute Gasteiger partial charge is 0.307 e. The number of fused-ring (bicyclic) bond motifs is 1. The summed E-state index contributed by atoms with van der Waals surface area (Å²) in [6, 6.07) is 8.45. The maximum Gasteiger partial charge on any atom is 0.253 e. The van der Waals surface area contributed by atoms with E-state index in [0.717, 1.165) is 45.6 Å². The van der Waals surface area contributed by atoms with Crippen LogP contribution in [0.4, 0.5) is 5.13 Å². The number of H-pyrrole nitrogens is 1. The standard InChI is InChI=1S/C25H29N5O2S/c1-6-7-17-8-10-18(11-9-17)22-16(4)33-25(27-22)26-20(31)13-12-19-14(2)21-15(3)29-30(5)23(21)28-24(19)32/h8-11H,6-7,12-13H2,1-5H3,(H,28,32)(H,26,27,31). The van der Waals surface area contributed by atoms with Crippen molar-refractivity contribution in [2.75, 3.05) is 5.32 Å². The van der Waals surface area contributed by atoms with Crippen molar-refractivity contribution >= 4 is 33.4 Å². The minimum absolute atomic E-state index is 0.157. The minimum Gasteiger partial charge on any atom is -0.307 e. The summed E-state index contributed by atoms with van der Waals surface area (Å²) < 4.78 is 1.68. The SMILES string of the molecule is CCCc1ccc(-c2nc(NC(=O)CCc3c(C)c4c(C)nn(C)c4[nH]c3=O)sc2C)cc1. The Balaban J connectivity index is 1.46. The quantitative estimate of drug-likeness (QED) is 0.410. The van der Waals surface area contributed by atoms with Crippen LogP contribution in [0.1, 0.15) is 47.0 Å². The van der Waals surface area contributed by atoms with E-state index in [1.54, 1.807) is 4.68 Å². The number of aromatic amines is 1. The zero-order valence-electron chi connectivity index (χ0n) is 19.7. The van der Waals surface area contributed by atoms with E-state index in [-0.39, 0.29) is 17.9 Å². The molecule has 0 atom stereocenters. The molecule has 3 heterocycles. The lowest BCUT2D eigenvalue weighted by molar-refractivity contribution is -0.116. The molecule has 0 aliphatic rings. The van der Waals surface area contributed by atoms with Gasteiger partial charge in [-0.25, -0.2) is 4.98 Å². The first-order valence-corrected chi connectivity index (χ1v) is 12.0. The smallest absolute Gasteiger partial charge is 0.253 e. The summed E-state index contributed by atoms with van der Waals surface area (Å²) in [5, 5.41) is 8.82. The number of nitrogens with one attached hydrogen (secondary N) is 2. The van der Waals surface area contributed by atoms with E-state index in [2.05, 4.69) is 51.6 Å². The second-order valence-corrected chi connectivity index (χ2v) is 9.61. The van der Waals surface area contributed by atoms with Crippen LogP contribution in [0, 0.1) is 20.8 Å². The van der Waals surface area contributed by atoms with Crippen LogP contribution >= 0.6 is 11.3 Å². The van der Waals surface area contributed by atoms with Crippen LogP contribution in [0.15, 0.2) is 29.1 Å². The van der Waals surface area contributed by atoms with Gasteiger partial charge in [-0.15, -0.1) is 11.3 Å². The molecule has 0 saturated carbocycles. The van der Waals surface area contributed by atoms with Gasteiger partial charge in [-0.3, -0.25) is 14.3 Å². The van der Waals surface area contributed by atoms with Crippen molar-refractivity contribution in [1.29, 1.82) is 0 Å². The third-order valence-electron chi connectivity index (χ3n) is 5.97. The average molecular weight is 464 g/mol. The lowest BCUT2D eigenvalue weighted by atomic mass is 10.0. The molecular weight excluding hydrogens is 434 g/mol. The molecule has 0 radical (unpaired) electrons. The summed E-state index contributed by atoms with van der Waals surface area (Å²) in [6.07, 6.45) is 2.74. The lowest BCUT2D eigenvalue weighted by Crippen LogP contribution is -2.19. The van der Waals surface area contributed by atoms with Crippen molar-refractivity contribution in [1.82, 2.24) is 19.7 Å². The molecule has 0 bridgehead atoms. The molecular formula is C25H29N5O2S. The van der Waals surface area contributed by atoms with E-state index < -0.39 is 0 Å². The Morgan fingerprint density at radius 1 is 1.15 bits per heavy atom. The number of amides is 1. The Hall–Kier alpha value is -3.26. The second-order valence-electron chi connectivity index (χ2n) is 8.41. The number of hydrogen-bond donors (Lipinski definition) is 2. The van der Waals surface area contributed by atoms with Gasteiger partial charge in [-0.1, -0.05) is 37.6 Å². The van der Waals surface area contributed by atoms with E-state index in [1.165, 1.54) is 16.9 Å². The molecule has 1 aromatic carbocycles. The predicted octanol–water partition coefficient (Wildman–Crippen LogP) is 4.83. The first-order chi connectivity index (χ1) is 15.8. The van der Waals surface area contributed by atoms with Crippen molar-refractivity contribution in [3.8, 4) is 11.3 Å². The molecule has 172 valence electrons. The van der Waals surface area contributed by atoms with Crippen molar-refractivity contribution in [3.05, 3.63) is 61.9 Å². The maximum absolute atomic E-state index is 12.6. The van der Waals surface area contributed by atoms with Gasteiger partial charge in [0.2, 0.25) is 5.91 Å². The molecule has 3 aromatic heterocycles. The fourth-order valence-electron chi connectivity index (χ4n) is 4.31. The molecule has 1 amide bonds. The fourth-order valence-corrected chi connectivity index (χ4v) is 5.16. The minimum atomic E-state index is -0.172. The van der Waals surface area contributed by atoms with Crippen molar-refractivity contribution in [2.24, 2.45) is 7.05 Å². The number of carbonyl (C=O) groups is 1. The summed E-state index contributed by atoms with van der Waals surface area (Å²) in [5.74, 6) is -0.157. The Morgan fingerprint density at radius 3 is 2.58 bits per heavy atom. The van der Waals surface area contributed by atoms with Gasteiger partial charge in [0.1, 0.15) is 5.65 Å². The van der Waals surface area contributed by atoms with Crippen molar-refractivity contribution < 1.29 is 4.79 Å². The summed E-state index contributed by atoms with van der Waals surface area (Å²) in [6.45, 7) is 8.02. The second kappa shape index (κ2) is 9.31. The molecule has 4 rings (SSSR count). The van der Waals surface area contributed by atoms with E-state index in [9.17, 15) is 9.59 Å². The Kier molecular flexibility index (Phi) is 6.47. The van der Waals surface area contributed by atoms with Crippen LogP contribution in [0.2, 0.25) is 0 Å². The van der Waals surface area contributed by atoms with Crippen LogP contribution in [0.3, 0.4) is 0 Å². The molecule has 0 aliphatic heterocycles. The molecule has 8 heteroatoms.